The van der Waals surface area contributed by atoms with Gasteiger partial charge in [0, 0.05) is 58.7 Å². The van der Waals surface area contributed by atoms with E-state index >= 15 is 0 Å². The van der Waals surface area contributed by atoms with Gasteiger partial charge in [0.25, 0.3) is 0 Å². The summed E-state index contributed by atoms with van der Waals surface area (Å²) in [6.45, 7) is 3.50. The molecule has 4 nitrogen and oxygen atoms in total. The van der Waals surface area contributed by atoms with Gasteiger partial charge in [-0.25, -0.2) is 8.78 Å². The van der Waals surface area contributed by atoms with Crippen LogP contribution in [0.4, 0.5) is 8.78 Å². The summed E-state index contributed by atoms with van der Waals surface area (Å²) in [5.41, 5.74) is 2.24. The first kappa shape index (κ1) is 24.5. The fourth-order valence-electron chi connectivity index (χ4n) is 4.60. The van der Waals surface area contributed by atoms with E-state index in [0.717, 1.165) is 32.2 Å². The van der Waals surface area contributed by atoms with Crippen LogP contribution in [0.5, 0.6) is 0 Å². The average Bonchev–Trinajstić information content (AvgIpc) is 3.08. The normalized spacial score (nSPS) is 17.4. The maximum absolute atomic E-state index is 13.7. The third-order valence-electron chi connectivity index (χ3n) is 5.89. The lowest BCUT2D eigenvalue weighted by Crippen LogP contribution is -2.63. The predicted octanol–water partition coefficient (Wildman–Crippen LogP) is 3.21. The van der Waals surface area contributed by atoms with Crippen LogP contribution in [0.25, 0.3) is 0 Å². The van der Waals surface area contributed by atoms with Crippen molar-refractivity contribution in [2.75, 3.05) is 33.2 Å². The van der Waals surface area contributed by atoms with Crippen molar-refractivity contribution in [3.8, 4) is 0 Å². The summed E-state index contributed by atoms with van der Waals surface area (Å²) < 4.78 is 27.1. The molecule has 2 aliphatic rings. The minimum Gasteiger partial charge on any atom is -0.340 e. The zero-order chi connectivity index (χ0) is 19.7. The Bertz CT molecular complexity index is 845. The largest absolute Gasteiger partial charge is 0.340 e. The van der Waals surface area contributed by atoms with Crippen molar-refractivity contribution in [1.29, 1.82) is 0 Å². The van der Waals surface area contributed by atoms with Gasteiger partial charge < -0.3 is 10.2 Å². The van der Waals surface area contributed by atoms with Gasteiger partial charge >= 0.3 is 0 Å². The molecular weight excluding hydrogens is 431 g/mol. The maximum Gasteiger partial charge on any atom is 0.243 e. The van der Waals surface area contributed by atoms with E-state index in [2.05, 4.69) is 22.3 Å². The fraction of sp³-hybridized carbons (Fsp3) is 0.409. The number of likely N-dealkylation sites (N-methyl/N-ethyl adjacent to an activating group) is 1. The summed E-state index contributed by atoms with van der Waals surface area (Å²) >= 11 is 0. The number of piperazine rings is 1. The number of fused-ring (bicyclic) bond motifs is 1. The summed E-state index contributed by atoms with van der Waals surface area (Å²) in [6, 6.07) is 11.6. The lowest BCUT2D eigenvalue weighted by atomic mass is 9.90. The van der Waals surface area contributed by atoms with Gasteiger partial charge in [0.1, 0.15) is 17.2 Å². The molecule has 1 N–H and O–H groups in total. The van der Waals surface area contributed by atoms with Crippen molar-refractivity contribution < 1.29 is 13.6 Å². The molecule has 0 saturated carbocycles. The maximum atomic E-state index is 13.7. The highest BCUT2D eigenvalue weighted by Gasteiger charge is 2.49. The molecule has 0 unspecified atom stereocenters. The number of carbonyl (C=O) groups excluding carboxylic acids is 1. The molecule has 2 aromatic rings. The van der Waals surface area contributed by atoms with Crippen molar-refractivity contribution in [3.05, 3.63) is 70.8 Å². The third kappa shape index (κ3) is 4.78. The molecule has 0 aromatic heterocycles. The molecule has 0 atom stereocenters. The van der Waals surface area contributed by atoms with Gasteiger partial charge in [-0.15, -0.1) is 24.8 Å². The highest BCUT2D eigenvalue weighted by Crippen LogP contribution is 2.36. The van der Waals surface area contributed by atoms with E-state index in [1.54, 1.807) is 11.9 Å². The second kappa shape index (κ2) is 10.1. The summed E-state index contributed by atoms with van der Waals surface area (Å²) in [4.78, 5) is 17.6. The number of hydrogen-bond acceptors (Lipinski definition) is 3. The summed E-state index contributed by atoms with van der Waals surface area (Å²) in [6.07, 6.45) is 1.34. The first-order chi connectivity index (χ1) is 13.5. The highest BCUT2D eigenvalue weighted by molar-refractivity contribution is 5.88. The molecule has 30 heavy (non-hydrogen) atoms. The molecule has 0 radical (unpaired) electrons. The third-order valence-corrected chi connectivity index (χ3v) is 5.89. The molecule has 1 saturated heterocycles. The standard InChI is InChI=1S/C22H25F2N3O.2ClH/c1-26(15-16-10-19(23)12-20(24)11-16)21(28)22(27-8-6-25-7-9-27)13-17-4-2-3-5-18(17)14-22;;/h2-5,10-12,25H,6-9,13-15H2,1H3;2*1H. The zero-order valence-electron chi connectivity index (χ0n) is 16.9. The molecule has 1 aliphatic carbocycles. The number of nitrogens with one attached hydrogen (secondary N) is 1. The van der Waals surface area contributed by atoms with Crippen LogP contribution < -0.4 is 5.32 Å². The van der Waals surface area contributed by atoms with Crippen molar-refractivity contribution in [3.63, 3.8) is 0 Å². The molecule has 1 fully saturated rings. The molecule has 2 aromatic carbocycles. The molecule has 1 aliphatic heterocycles. The Balaban J connectivity index is 0.00000160. The van der Waals surface area contributed by atoms with E-state index in [-0.39, 0.29) is 37.3 Å². The highest BCUT2D eigenvalue weighted by atomic mass is 35.5. The van der Waals surface area contributed by atoms with Crippen LogP contribution in [0.2, 0.25) is 0 Å². The van der Waals surface area contributed by atoms with Crippen LogP contribution in [0, 0.1) is 11.6 Å². The van der Waals surface area contributed by atoms with Crippen LogP contribution in [0.3, 0.4) is 0 Å². The second-order valence-electron chi connectivity index (χ2n) is 7.83. The molecule has 1 amide bonds. The molecule has 0 spiro atoms. The molecule has 8 heteroatoms. The minimum atomic E-state index is -0.633. The van der Waals surface area contributed by atoms with Crippen LogP contribution in [-0.2, 0) is 24.2 Å². The van der Waals surface area contributed by atoms with E-state index in [0.29, 0.717) is 18.4 Å². The quantitative estimate of drug-likeness (QED) is 0.765. The summed E-state index contributed by atoms with van der Waals surface area (Å²) in [7, 11) is 1.72. The number of amides is 1. The van der Waals surface area contributed by atoms with Crippen molar-refractivity contribution >= 4 is 30.7 Å². The van der Waals surface area contributed by atoms with Gasteiger partial charge in [0.15, 0.2) is 0 Å². The Morgan fingerprint density at radius 3 is 2.10 bits per heavy atom. The number of benzene rings is 2. The Hall–Kier alpha value is -1.73. The molecular formula is C22H27Cl2F2N3O. The van der Waals surface area contributed by atoms with E-state index in [9.17, 15) is 13.6 Å². The van der Waals surface area contributed by atoms with Gasteiger partial charge in [-0.1, -0.05) is 24.3 Å². The van der Waals surface area contributed by atoms with Crippen molar-refractivity contribution in [2.24, 2.45) is 0 Å². The SMILES string of the molecule is CN(Cc1cc(F)cc(F)c1)C(=O)C1(N2CCNCC2)Cc2ccccc2C1.Cl.Cl. The molecule has 1 heterocycles. The summed E-state index contributed by atoms with van der Waals surface area (Å²) in [5, 5.41) is 3.35. The van der Waals surface area contributed by atoms with Crippen molar-refractivity contribution in [1.82, 2.24) is 15.1 Å². The molecule has 164 valence electrons. The lowest BCUT2D eigenvalue weighted by molar-refractivity contribution is -0.144. The fourth-order valence-corrected chi connectivity index (χ4v) is 4.60. The Labute approximate surface area is 188 Å². The zero-order valence-corrected chi connectivity index (χ0v) is 18.5. The predicted molar refractivity (Wildman–Crippen MR) is 118 cm³/mol. The van der Waals surface area contributed by atoms with Crippen LogP contribution in [0.1, 0.15) is 16.7 Å². The van der Waals surface area contributed by atoms with Gasteiger partial charge in [-0.3, -0.25) is 9.69 Å². The van der Waals surface area contributed by atoms with E-state index in [1.165, 1.54) is 23.3 Å². The van der Waals surface area contributed by atoms with E-state index in [1.807, 2.05) is 12.1 Å². The van der Waals surface area contributed by atoms with Gasteiger partial charge in [-0.05, 0) is 28.8 Å². The average molecular weight is 458 g/mol. The van der Waals surface area contributed by atoms with E-state index in [4.69, 9.17) is 0 Å². The van der Waals surface area contributed by atoms with Gasteiger partial charge in [-0.2, -0.15) is 0 Å². The van der Waals surface area contributed by atoms with Crippen LogP contribution >= 0.6 is 24.8 Å². The van der Waals surface area contributed by atoms with Gasteiger partial charge in [0.2, 0.25) is 5.91 Å². The molecule has 0 bridgehead atoms. The number of nitrogens with zero attached hydrogens (tertiary/aromatic N) is 2. The van der Waals surface area contributed by atoms with Crippen LogP contribution in [-0.4, -0.2) is 54.5 Å². The Morgan fingerprint density at radius 2 is 1.57 bits per heavy atom. The lowest BCUT2D eigenvalue weighted by Gasteiger charge is -2.44. The second-order valence-corrected chi connectivity index (χ2v) is 7.83. The monoisotopic (exact) mass is 457 g/mol. The minimum absolute atomic E-state index is 0. The number of rotatable bonds is 4. The van der Waals surface area contributed by atoms with E-state index < -0.39 is 17.2 Å². The Kier molecular flexibility index (Phi) is 8.22. The first-order valence-corrected chi connectivity index (χ1v) is 9.71. The van der Waals surface area contributed by atoms with Crippen LogP contribution in [0.15, 0.2) is 42.5 Å². The number of hydrogen-bond donors (Lipinski definition) is 1. The number of halogens is 4. The summed E-state index contributed by atoms with van der Waals surface area (Å²) in [5.74, 6) is -1.24. The molecule has 4 rings (SSSR count). The Morgan fingerprint density at radius 1 is 1.03 bits per heavy atom. The number of carbonyl (C=O) groups is 1. The van der Waals surface area contributed by atoms with Gasteiger partial charge in [0.05, 0.1) is 0 Å². The van der Waals surface area contributed by atoms with Crippen molar-refractivity contribution in [2.45, 2.75) is 24.9 Å². The smallest absolute Gasteiger partial charge is 0.243 e. The first-order valence-electron chi connectivity index (χ1n) is 9.71. The topological polar surface area (TPSA) is 35.6 Å².